The number of aliphatic hydroxyl groups excluding tert-OH is 1. The molecule has 1 N–H and O–H groups in total. The molecule has 19 heavy (non-hydrogen) atoms. The maximum atomic E-state index is 10.6. The molecule has 4 nitrogen and oxygen atoms in total. The van der Waals surface area contributed by atoms with Crippen molar-refractivity contribution in [3.8, 4) is 6.07 Å². The Hall–Kier alpha value is -1.41. The van der Waals surface area contributed by atoms with Crippen LogP contribution in [0.2, 0.25) is 0 Å². The van der Waals surface area contributed by atoms with E-state index in [4.69, 9.17) is 9.47 Å². The Morgan fingerprint density at radius 2 is 2.21 bits per heavy atom. The fraction of sp³-hybridized carbons (Fsp3) is 0.533. The van der Waals surface area contributed by atoms with Crippen LogP contribution in [-0.4, -0.2) is 25.4 Å². The van der Waals surface area contributed by atoms with Crippen LogP contribution in [0.4, 0.5) is 0 Å². The van der Waals surface area contributed by atoms with Crippen LogP contribution in [0.15, 0.2) is 24.3 Å². The molecule has 4 heteroatoms. The first kappa shape index (κ1) is 14.0. The van der Waals surface area contributed by atoms with Crippen molar-refractivity contribution in [2.45, 2.75) is 25.6 Å². The van der Waals surface area contributed by atoms with Gasteiger partial charge in [-0.2, -0.15) is 5.26 Å². The van der Waals surface area contributed by atoms with Gasteiger partial charge in [0.15, 0.2) is 0 Å². The van der Waals surface area contributed by atoms with Crippen LogP contribution in [0.25, 0.3) is 0 Å². The van der Waals surface area contributed by atoms with Gasteiger partial charge in [-0.1, -0.05) is 24.3 Å². The summed E-state index contributed by atoms with van der Waals surface area (Å²) >= 11 is 0. The average molecular weight is 261 g/mol. The molecule has 0 bridgehead atoms. The molecule has 1 aromatic carbocycles. The normalized spacial score (nSPS) is 19.6. The van der Waals surface area contributed by atoms with Gasteiger partial charge in [0, 0.05) is 20.3 Å². The van der Waals surface area contributed by atoms with Gasteiger partial charge in [-0.15, -0.1) is 0 Å². The van der Waals surface area contributed by atoms with Crippen molar-refractivity contribution in [3.63, 3.8) is 0 Å². The molecule has 0 aliphatic carbocycles. The third-order valence-electron chi connectivity index (χ3n) is 3.71. The smallest absolute Gasteiger partial charge is 0.0978 e. The van der Waals surface area contributed by atoms with Crippen LogP contribution in [0.5, 0.6) is 0 Å². The molecule has 1 atom stereocenters. The SMILES string of the molecule is COCc1cccc(C(O)C2(C#N)CCOCC2)c1. The quantitative estimate of drug-likeness (QED) is 0.902. The zero-order valence-electron chi connectivity index (χ0n) is 11.1. The van der Waals surface area contributed by atoms with E-state index >= 15 is 0 Å². The lowest BCUT2D eigenvalue weighted by Crippen LogP contribution is -2.34. The molecule has 2 rings (SSSR count). The van der Waals surface area contributed by atoms with Gasteiger partial charge in [0.1, 0.15) is 0 Å². The van der Waals surface area contributed by atoms with E-state index in [0.717, 1.165) is 11.1 Å². The number of methoxy groups -OCH3 is 1. The highest BCUT2D eigenvalue weighted by molar-refractivity contribution is 5.28. The van der Waals surface area contributed by atoms with E-state index in [1.54, 1.807) is 7.11 Å². The summed E-state index contributed by atoms with van der Waals surface area (Å²) in [5.74, 6) is 0. The Morgan fingerprint density at radius 1 is 1.47 bits per heavy atom. The molecule has 0 aromatic heterocycles. The summed E-state index contributed by atoms with van der Waals surface area (Å²) < 4.78 is 10.4. The molecule has 0 spiro atoms. The Balaban J connectivity index is 2.24. The highest BCUT2D eigenvalue weighted by Crippen LogP contribution is 2.42. The van der Waals surface area contributed by atoms with E-state index in [1.165, 1.54) is 0 Å². The lowest BCUT2D eigenvalue weighted by Gasteiger charge is -2.35. The first-order chi connectivity index (χ1) is 9.22. The summed E-state index contributed by atoms with van der Waals surface area (Å²) in [4.78, 5) is 0. The molecule has 102 valence electrons. The number of rotatable bonds is 4. The standard InChI is InChI=1S/C15H19NO3/c1-18-10-12-3-2-4-13(9-12)14(17)15(11-16)5-7-19-8-6-15/h2-4,9,14,17H,5-8,10H2,1H3. The average Bonchev–Trinajstić information content (AvgIpc) is 2.48. The molecule has 1 saturated heterocycles. The molecule has 1 fully saturated rings. The van der Waals surface area contributed by atoms with Gasteiger partial charge < -0.3 is 14.6 Å². The van der Waals surface area contributed by atoms with Crippen LogP contribution in [0, 0.1) is 16.7 Å². The van der Waals surface area contributed by atoms with Crippen LogP contribution >= 0.6 is 0 Å². The molecule has 1 heterocycles. The van der Waals surface area contributed by atoms with Crippen molar-refractivity contribution in [1.82, 2.24) is 0 Å². The molecular weight excluding hydrogens is 242 g/mol. The molecule has 1 aliphatic rings. The number of hydrogen-bond donors (Lipinski definition) is 1. The summed E-state index contributed by atoms with van der Waals surface area (Å²) in [6, 6.07) is 9.90. The van der Waals surface area contributed by atoms with Crippen LogP contribution < -0.4 is 0 Å². The Morgan fingerprint density at radius 3 is 2.84 bits per heavy atom. The van der Waals surface area contributed by atoms with E-state index in [9.17, 15) is 10.4 Å². The van der Waals surface area contributed by atoms with Gasteiger partial charge in [-0.25, -0.2) is 0 Å². The van der Waals surface area contributed by atoms with Crippen molar-refractivity contribution >= 4 is 0 Å². The van der Waals surface area contributed by atoms with Crippen molar-refractivity contribution in [2.75, 3.05) is 20.3 Å². The maximum Gasteiger partial charge on any atom is 0.0978 e. The van der Waals surface area contributed by atoms with Crippen molar-refractivity contribution in [1.29, 1.82) is 5.26 Å². The maximum absolute atomic E-state index is 10.6. The second kappa shape index (κ2) is 6.16. The number of hydrogen-bond acceptors (Lipinski definition) is 4. The lowest BCUT2D eigenvalue weighted by atomic mass is 9.74. The molecule has 0 saturated carbocycles. The number of nitrogens with zero attached hydrogens (tertiary/aromatic N) is 1. The number of ether oxygens (including phenoxy) is 2. The summed E-state index contributed by atoms with van der Waals surface area (Å²) in [7, 11) is 1.64. The molecular formula is C15H19NO3. The van der Waals surface area contributed by atoms with Crippen LogP contribution in [-0.2, 0) is 16.1 Å². The van der Waals surface area contributed by atoms with Gasteiger partial charge in [-0.05, 0) is 24.0 Å². The molecule has 1 unspecified atom stereocenters. The third-order valence-corrected chi connectivity index (χ3v) is 3.71. The minimum Gasteiger partial charge on any atom is -0.387 e. The highest BCUT2D eigenvalue weighted by Gasteiger charge is 2.40. The van der Waals surface area contributed by atoms with Gasteiger partial charge in [-0.3, -0.25) is 0 Å². The van der Waals surface area contributed by atoms with Gasteiger partial charge >= 0.3 is 0 Å². The first-order valence-corrected chi connectivity index (χ1v) is 6.47. The Kier molecular flexibility index (Phi) is 4.54. The molecule has 1 aliphatic heterocycles. The van der Waals surface area contributed by atoms with Crippen molar-refractivity contribution < 1.29 is 14.6 Å². The summed E-state index contributed by atoms with van der Waals surface area (Å²) in [6.45, 7) is 1.56. The number of benzene rings is 1. The first-order valence-electron chi connectivity index (χ1n) is 6.47. The predicted octanol–water partition coefficient (Wildman–Crippen LogP) is 2.19. The van der Waals surface area contributed by atoms with Crippen LogP contribution in [0.1, 0.15) is 30.1 Å². The topological polar surface area (TPSA) is 62.5 Å². The largest absolute Gasteiger partial charge is 0.387 e. The van der Waals surface area contributed by atoms with Crippen molar-refractivity contribution in [3.05, 3.63) is 35.4 Å². The van der Waals surface area contributed by atoms with Gasteiger partial charge in [0.25, 0.3) is 0 Å². The third kappa shape index (κ3) is 2.95. The van der Waals surface area contributed by atoms with Crippen LogP contribution in [0.3, 0.4) is 0 Å². The molecule has 0 amide bonds. The fourth-order valence-electron chi connectivity index (χ4n) is 2.52. The van der Waals surface area contributed by atoms with E-state index in [1.807, 2.05) is 24.3 Å². The summed E-state index contributed by atoms with van der Waals surface area (Å²) in [5, 5.41) is 20.0. The molecule has 0 radical (unpaired) electrons. The zero-order valence-corrected chi connectivity index (χ0v) is 11.1. The van der Waals surface area contributed by atoms with E-state index in [-0.39, 0.29) is 0 Å². The monoisotopic (exact) mass is 261 g/mol. The molecule has 1 aromatic rings. The zero-order chi connectivity index (χ0) is 13.7. The van der Waals surface area contributed by atoms with E-state index in [0.29, 0.717) is 32.7 Å². The highest BCUT2D eigenvalue weighted by atomic mass is 16.5. The second-order valence-electron chi connectivity index (χ2n) is 4.96. The van der Waals surface area contributed by atoms with E-state index < -0.39 is 11.5 Å². The summed E-state index contributed by atoms with van der Waals surface area (Å²) in [6.07, 6.45) is 0.358. The second-order valence-corrected chi connectivity index (χ2v) is 4.96. The van der Waals surface area contributed by atoms with E-state index in [2.05, 4.69) is 6.07 Å². The predicted molar refractivity (Wildman–Crippen MR) is 70.2 cm³/mol. The summed E-state index contributed by atoms with van der Waals surface area (Å²) in [5.41, 5.74) is 1.04. The number of aliphatic hydroxyl groups is 1. The van der Waals surface area contributed by atoms with Crippen molar-refractivity contribution in [2.24, 2.45) is 5.41 Å². The lowest BCUT2D eigenvalue weighted by molar-refractivity contribution is -0.0310. The Bertz CT molecular complexity index is 461. The van der Waals surface area contributed by atoms with Gasteiger partial charge in [0.05, 0.1) is 24.2 Å². The fourth-order valence-corrected chi connectivity index (χ4v) is 2.52. The Labute approximate surface area is 113 Å². The van der Waals surface area contributed by atoms with Gasteiger partial charge in [0.2, 0.25) is 0 Å². The minimum absolute atomic E-state index is 0.503. The number of nitriles is 1. The minimum atomic E-state index is -0.779.